The third kappa shape index (κ3) is 3.44. The van der Waals surface area contributed by atoms with E-state index in [0.29, 0.717) is 5.02 Å². The molecule has 0 heterocycles. The van der Waals surface area contributed by atoms with Gasteiger partial charge in [-0.05, 0) is 25.1 Å². The minimum atomic E-state index is -1.73. The van der Waals surface area contributed by atoms with Crippen molar-refractivity contribution in [3.63, 3.8) is 0 Å². The lowest BCUT2D eigenvalue weighted by Gasteiger charge is -2.12. The highest BCUT2D eigenvalue weighted by molar-refractivity contribution is 7.86. The van der Waals surface area contributed by atoms with Crippen LogP contribution in [0.1, 0.15) is 6.92 Å². The van der Waals surface area contributed by atoms with E-state index in [-0.39, 0.29) is 10.6 Å². The number of carbonyl (C=O) groups excluding carboxylic acids is 2. The Morgan fingerprint density at radius 3 is 2.61 bits per heavy atom. The number of amides is 3. The molecule has 0 spiro atoms. The molecule has 18 heavy (non-hydrogen) atoms. The quantitative estimate of drug-likeness (QED) is 0.707. The van der Waals surface area contributed by atoms with Crippen molar-refractivity contribution in [2.45, 2.75) is 17.1 Å². The number of hydrogen-bond acceptors (Lipinski definition) is 4. The summed E-state index contributed by atoms with van der Waals surface area (Å²) in [5, 5.41) is 1.24. The first kappa shape index (κ1) is 14.5. The molecule has 1 aromatic carbocycles. The van der Waals surface area contributed by atoms with Gasteiger partial charge in [0.1, 0.15) is 5.25 Å². The molecule has 2 unspecified atom stereocenters. The van der Waals surface area contributed by atoms with Gasteiger partial charge >= 0.3 is 6.03 Å². The fourth-order valence-electron chi connectivity index (χ4n) is 1.19. The summed E-state index contributed by atoms with van der Waals surface area (Å²) in [5.74, 6) is -0.736. The van der Waals surface area contributed by atoms with Gasteiger partial charge in [0.05, 0.1) is 15.7 Å². The Kier molecular flexibility index (Phi) is 4.69. The van der Waals surface area contributed by atoms with Crippen LogP contribution in [0.25, 0.3) is 0 Å². The highest BCUT2D eigenvalue weighted by atomic mass is 35.5. The standard InChI is InChI=1S/C10H12ClN3O3S/c1-5(9(15)14-10(13)16)18(17)8-4-6(11)2-3-7(8)12/h2-5H,12H2,1H3,(H3,13,14,15,16). The Morgan fingerprint density at radius 1 is 1.44 bits per heavy atom. The molecule has 0 aliphatic heterocycles. The maximum atomic E-state index is 12.1. The van der Waals surface area contributed by atoms with Gasteiger partial charge in [-0.2, -0.15) is 0 Å². The van der Waals surface area contributed by atoms with Gasteiger partial charge in [0.25, 0.3) is 0 Å². The van der Waals surface area contributed by atoms with Gasteiger partial charge in [-0.25, -0.2) is 4.79 Å². The summed E-state index contributed by atoms with van der Waals surface area (Å²) in [5.41, 5.74) is 10.7. The van der Waals surface area contributed by atoms with Crippen LogP contribution in [0.15, 0.2) is 23.1 Å². The van der Waals surface area contributed by atoms with E-state index in [9.17, 15) is 13.8 Å². The van der Waals surface area contributed by atoms with Gasteiger partial charge in [0, 0.05) is 10.7 Å². The lowest BCUT2D eigenvalue weighted by atomic mass is 10.3. The first-order chi connectivity index (χ1) is 8.32. The molecular formula is C10H12ClN3O3S. The second kappa shape index (κ2) is 5.83. The van der Waals surface area contributed by atoms with Crippen molar-refractivity contribution in [2.75, 3.05) is 5.73 Å². The number of nitrogens with two attached hydrogens (primary N) is 2. The Hall–Kier alpha value is -1.60. The van der Waals surface area contributed by atoms with Crippen LogP contribution >= 0.6 is 11.6 Å². The molecule has 0 aliphatic carbocycles. The highest BCUT2D eigenvalue weighted by Crippen LogP contribution is 2.23. The van der Waals surface area contributed by atoms with Crippen LogP contribution in [0.2, 0.25) is 5.02 Å². The van der Waals surface area contributed by atoms with Crippen LogP contribution in [0, 0.1) is 0 Å². The number of nitrogen functional groups attached to an aromatic ring is 1. The minimum absolute atomic E-state index is 0.245. The number of hydrogen-bond donors (Lipinski definition) is 3. The van der Waals surface area contributed by atoms with E-state index in [4.69, 9.17) is 23.1 Å². The summed E-state index contributed by atoms with van der Waals surface area (Å²) in [6, 6.07) is 3.46. The monoisotopic (exact) mass is 289 g/mol. The summed E-state index contributed by atoms with van der Waals surface area (Å²) >= 11 is 5.76. The molecule has 0 radical (unpaired) electrons. The Labute approximate surface area is 111 Å². The molecule has 0 saturated heterocycles. The summed E-state index contributed by atoms with van der Waals surface area (Å²) in [6.45, 7) is 1.40. The number of nitrogens with one attached hydrogen (secondary N) is 1. The molecule has 98 valence electrons. The van der Waals surface area contributed by atoms with Gasteiger partial charge in [0.2, 0.25) is 5.91 Å². The van der Waals surface area contributed by atoms with Crippen LogP contribution in [0.5, 0.6) is 0 Å². The lowest BCUT2D eigenvalue weighted by Crippen LogP contribution is -2.42. The number of benzene rings is 1. The van der Waals surface area contributed by atoms with E-state index in [2.05, 4.69) is 0 Å². The van der Waals surface area contributed by atoms with Crippen molar-refractivity contribution in [1.82, 2.24) is 5.32 Å². The van der Waals surface area contributed by atoms with Crippen LogP contribution in [0.3, 0.4) is 0 Å². The molecule has 0 saturated carbocycles. The average Bonchev–Trinajstić information content (AvgIpc) is 2.29. The number of rotatable bonds is 3. The summed E-state index contributed by atoms with van der Waals surface area (Å²) < 4.78 is 12.1. The molecule has 0 aromatic heterocycles. The second-order valence-corrected chi connectivity index (χ2v) is 5.65. The summed E-state index contributed by atoms with van der Waals surface area (Å²) in [6.07, 6.45) is 0. The zero-order chi connectivity index (χ0) is 13.9. The maximum Gasteiger partial charge on any atom is 0.318 e. The number of urea groups is 1. The first-order valence-electron chi connectivity index (χ1n) is 4.89. The molecule has 6 nitrogen and oxygen atoms in total. The van der Waals surface area contributed by atoms with E-state index < -0.39 is 28.0 Å². The van der Waals surface area contributed by atoms with Gasteiger partial charge in [-0.1, -0.05) is 11.6 Å². The molecular weight excluding hydrogens is 278 g/mol. The lowest BCUT2D eigenvalue weighted by molar-refractivity contribution is -0.119. The molecule has 0 aliphatic rings. The fraction of sp³-hybridized carbons (Fsp3) is 0.200. The molecule has 1 rings (SSSR count). The van der Waals surface area contributed by atoms with Crippen LogP contribution in [-0.2, 0) is 15.6 Å². The highest BCUT2D eigenvalue weighted by Gasteiger charge is 2.24. The van der Waals surface area contributed by atoms with Crippen molar-refractivity contribution >= 4 is 40.0 Å². The predicted octanol–water partition coefficient (Wildman–Crippen LogP) is 0.613. The van der Waals surface area contributed by atoms with E-state index >= 15 is 0 Å². The molecule has 1 aromatic rings. The SMILES string of the molecule is CC(C(=O)NC(N)=O)S(=O)c1cc(Cl)ccc1N. The third-order valence-electron chi connectivity index (χ3n) is 2.13. The van der Waals surface area contributed by atoms with Crippen molar-refractivity contribution < 1.29 is 13.8 Å². The van der Waals surface area contributed by atoms with E-state index in [1.807, 2.05) is 5.32 Å². The number of anilines is 1. The van der Waals surface area contributed by atoms with Crippen molar-refractivity contribution in [2.24, 2.45) is 5.73 Å². The van der Waals surface area contributed by atoms with Crippen molar-refractivity contribution in [1.29, 1.82) is 0 Å². The zero-order valence-electron chi connectivity index (χ0n) is 9.48. The summed E-state index contributed by atoms with van der Waals surface area (Å²) in [4.78, 5) is 22.3. The molecule has 2 atom stereocenters. The van der Waals surface area contributed by atoms with Crippen LogP contribution in [0.4, 0.5) is 10.5 Å². The number of carbonyl (C=O) groups is 2. The van der Waals surface area contributed by atoms with Gasteiger partial charge in [-0.15, -0.1) is 0 Å². The van der Waals surface area contributed by atoms with E-state index in [1.165, 1.54) is 19.1 Å². The van der Waals surface area contributed by atoms with Gasteiger partial charge in [-0.3, -0.25) is 14.3 Å². The Balaban J connectivity index is 2.96. The molecule has 0 bridgehead atoms. The van der Waals surface area contributed by atoms with Gasteiger partial charge in [0.15, 0.2) is 0 Å². The van der Waals surface area contributed by atoms with E-state index in [1.54, 1.807) is 6.07 Å². The largest absolute Gasteiger partial charge is 0.398 e. The van der Waals surface area contributed by atoms with Crippen molar-refractivity contribution in [3.8, 4) is 0 Å². The molecule has 3 amide bonds. The maximum absolute atomic E-state index is 12.1. The van der Waals surface area contributed by atoms with Crippen molar-refractivity contribution in [3.05, 3.63) is 23.2 Å². The normalized spacial score (nSPS) is 13.7. The second-order valence-electron chi connectivity index (χ2n) is 3.48. The third-order valence-corrected chi connectivity index (χ3v) is 4.01. The minimum Gasteiger partial charge on any atom is -0.398 e. The Morgan fingerprint density at radius 2 is 2.06 bits per heavy atom. The fourth-order valence-corrected chi connectivity index (χ4v) is 2.61. The van der Waals surface area contributed by atoms with E-state index in [0.717, 1.165) is 0 Å². The average molecular weight is 290 g/mol. The van der Waals surface area contributed by atoms with Gasteiger partial charge < -0.3 is 11.5 Å². The molecule has 5 N–H and O–H groups in total. The number of imide groups is 1. The number of primary amides is 1. The van der Waals surface area contributed by atoms with Crippen LogP contribution < -0.4 is 16.8 Å². The van der Waals surface area contributed by atoms with Crippen LogP contribution in [-0.4, -0.2) is 21.4 Å². The predicted molar refractivity (Wildman–Crippen MR) is 69.5 cm³/mol. The summed E-state index contributed by atoms with van der Waals surface area (Å²) in [7, 11) is -1.73. The smallest absolute Gasteiger partial charge is 0.318 e. The zero-order valence-corrected chi connectivity index (χ0v) is 11.0. The Bertz CT molecular complexity index is 521. The number of halogens is 1. The molecule has 0 fully saturated rings. The first-order valence-corrected chi connectivity index (χ1v) is 6.48. The topological polar surface area (TPSA) is 115 Å². The molecule has 8 heteroatoms.